The van der Waals surface area contributed by atoms with Crippen molar-refractivity contribution in [3.63, 3.8) is 0 Å². The molecule has 1 aliphatic rings. The number of unbranched alkanes of at least 4 members (excludes halogenated alkanes) is 4. The van der Waals surface area contributed by atoms with E-state index in [1.54, 1.807) is 20.8 Å². The van der Waals surface area contributed by atoms with Crippen LogP contribution in [0.15, 0.2) is 0 Å². The summed E-state index contributed by atoms with van der Waals surface area (Å²) in [4.78, 5) is 0. The SMILES string of the molecule is CCCCCCCC1CCCC1.CCOC(C)C(OCC)(OCC)S(=O)(=O)O. The van der Waals surface area contributed by atoms with Gasteiger partial charge < -0.3 is 14.2 Å². The van der Waals surface area contributed by atoms with Gasteiger partial charge in [-0.2, -0.15) is 8.42 Å². The van der Waals surface area contributed by atoms with Crippen molar-refractivity contribution in [2.75, 3.05) is 19.8 Å². The van der Waals surface area contributed by atoms with Crippen LogP contribution in [0, 0.1) is 5.92 Å². The minimum atomic E-state index is -4.54. The van der Waals surface area contributed by atoms with Gasteiger partial charge in [0.05, 0.1) is 0 Å². The van der Waals surface area contributed by atoms with E-state index >= 15 is 0 Å². The fourth-order valence-corrected chi connectivity index (χ4v) is 4.75. The molecular weight excluding hydrogens is 380 g/mol. The van der Waals surface area contributed by atoms with Crippen LogP contribution < -0.4 is 0 Å². The van der Waals surface area contributed by atoms with Crippen molar-refractivity contribution in [2.24, 2.45) is 5.92 Å². The Morgan fingerprint density at radius 2 is 1.46 bits per heavy atom. The van der Waals surface area contributed by atoms with E-state index in [1.807, 2.05) is 0 Å². The summed E-state index contributed by atoms with van der Waals surface area (Å²) < 4.78 is 47.3. The molecule has 6 nitrogen and oxygen atoms in total. The molecule has 1 unspecified atom stereocenters. The van der Waals surface area contributed by atoms with Crippen molar-refractivity contribution in [3.05, 3.63) is 0 Å². The van der Waals surface area contributed by atoms with Crippen LogP contribution in [0.25, 0.3) is 0 Å². The molecule has 7 heteroatoms. The van der Waals surface area contributed by atoms with Crippen LogP contribution in [0.1, 0.15) is 98.8 Å². The van der Waals surface area contributed by atoms with Crippen molar-refractivity contribution >= 4 is 10.1 Å². The zero-order valence-corrected chi connectivity index (χ0v) is 19.6. The van der Waals surface area contributed by atoms with Crippen molar-refractivity contribution in [2.45, 2.75) is 110 Å². The molecule has 0 aromatic carbocycles. The van der Waals surface area contributed by atoms with Crippen molar-refractivity contribution in [3.8, 4) is 0 Å². The van der Waals surface area contributed by atoms with E-state index in [-0.39, 0.29) is 13.2 Å². The molecule has 1 fully saturated rings. The maximum Gasteiger partial charge on any atom is 0.326 e. The largest absolute Gasteiger partial charge is 0.372 e. The smallest absolute Gasteiger partial charge is 0.326 e. The van der Waals surface area contributed by atoms with Crippen LogP contribution >= 0.6 is 0 Å². The zero-order valence-electron chi connectivity index (χ0n) is 18.7. The van der Waals surface area contributed by atoms with Gasteiger partial charge in [-0.15, -0.1) is 0 Å². The van der Waals surface area contributed by atoms with Crippen LogP contribution in [0.5, 0.6) is 0 Å². The van der Waals surface area contributed by atoms with Gasteiger partial charge in [0.2, 0.25) is 0 Å². The van der Waals surface area contributed by atoms with Gasteiger partial charge in [-0.3, -0.25) is 4.55 Å². The lowest BCUT2D eigenvalue weighted by Gasteiger charge is -2.34. The standard InChI is InChI=1S/C12H24.C9H20O6S/c1-2-3-4-5-6-9-12-10-7-8-11-12;1-5-13-8(4)9(14-6-2,15-7-3)16(10,11)12/h12H,2-11H2,1H3;8H,5-7H2,1-4H3,(H,10,11,12). The summed E-state index contributed by atoms with van der Waals surface area (Å²) in [6, 6.07) is 0. The fraction of sp³-hybridized carbons (Fsp3) is 1.00. The number of rotatable bonds is 14. The summed E-state index contributed by atoms with van der Waals surface area (Å²) in [7, 11) is -4.54. The maximum absolute atomic E-state index is 11.4. The van der Waals surface area contributed by atoms with E-state index in [9.17, 15) is 13.0 Å². The summed E-state index contributed by atoms with van der Waals surface area (Å²) >= 11 is 0. The molecule has 1 N–H and O–H groups in total. The molecule has 0 heterocycles. The molecule has 1 aliphatic carbocycles. The molecule has 1 atom stereocenters. The molecule has 0 bridgehead atoms. The zero-order chi connectivity index (χ0) is 21.5. The van der Waals surface area contributed by atoms with Crippen LogP contribution in [-0.4, -0.2) is 44.0 Å². The highest BCUT2D eigenvalue weighted by molar-refractivity contribution is 7.87. The van der Waals surface area contributed by atoms with E-state index in [2.05, 4.69) is 6.92 Å². The third-order valence-corrected chi connectivity index (χ3v) is 6.44. The van der Waals surface area contributed by atoms with Gasteiger partial charge in [0.1, 0.15) is 6.10 Å². The van der Waals surface area contributed by atoms with Crippen LogP contribution in [0.2, 0.25) is 0 Å². The first-order valence-corrected chi connectivity index (χ1v) is 12.6. The summed E-state index contributed by atoms with van der Waals surface area (Å²) in [5.41, 5.74) is 0. The molecule has 0 saturated heterocycles. The second-order valence-electron chi connectivity index (χ2n) is 7.40. The van der Waals surface area contributed by atoms with Gasteiger partial charge in [-0.1, -0.05) is 71.1 Å². The Morgan fingerprint density at radius 3 is 1.89 bits per heavy atom. The minimum absolute atomic E-state index is 0.0806. The summed E-state index contributed by atoms with van der Waals surface area (Å²) in [6.07, 6.45) is 14.0. The normalized spacial score (nSPS) is 16.6. The summed E-state index contributed by atoms with van der Waals surface area (Å²) in [5.74, 6) is 1.12. The minimum Gasteiger partial charge on any atom is -0.372 e. The van der Waals surface area contributed by atoms with Crippen molar-refractivity contribution in [1.82, 2.24) is 0 Å². The molecular formula is C21H44O6S. The highest BCUT2D eigenvalue weighted by atomic mass is 32.2. The average Bonchev–Trinajstić information content (AvgIpc) is 3.14. The lowest BCUT2D eigenvalue weighted by molar-refractivity contribution is -0.232. The Hall–Kier alpha value is -0.210. The first-order valence-electron chi connectivity index (χ1n) is 11.1. The molecule has 0 spiro atoms. The predicted molar refractivity (Wildman–Crippen MR) is 114 cm³/mol. The second-order valence-corrected chi connectivity index (χ2v) is 8.91. The van der Waals surface area contributed by atoms with Crippen molar-refractivity contribution in [1.29, 1.82) is 0 Å². The third-order valence-electron chi connectivity index (χ3n) is 5.16. The Kier molecular flexibility index (Phi) is 15.5. The predicted octanol–water partition coefficient (Wildman–Crippen LogP) is 5.56. The molecule has 1 saturated carbocycles. The fourth-order valence-electron chi connectivity index (χ4n) is 3.73. The third kappa shape index (κ3) is 10.0. The molecule has 0 aromatic rings. The van der Waals surface area contributed by atoms with E-state index < -0.39 is 21.3 Å². The molecule has 0 radical (unpaired) electrons. The Bertz CT molecular complexity index is 454. The molecule has 0 amide bonds. The molecule has 0 aliphatic heterocycles. The molecule has 0 aromatic heterocycles. The van der Waals surface area contributed by atoms with Gasteiger partial charge in [0.25, 0.3) is 0 Å². The topological polar surface area (TPSA) is 82.1 Å². The van der Waals surface area contributed by atoms with Crippen molar-refractivity contribution < 1.29 is 27.2 Å². The van der Waals surface area contributed by atoms with Crippen LogP contribution in [-0.2, 0) is 24.3 Å². The van der Waals surface area contributed by atoms with E-state index in [0.717, 1.165) is 5.92 Å². The Morgan fingerprint density at radius 1 is 0.929 bits per heavy atom. The van der Waals surface area contributed by atoms with Gasteiger partial charge >= 0.3 is 15.2 Å². The molecule has 170 valence electrons. The number of hydrogen-bond acceptors (Lipinski definition) is 5. The van der Waals surface area contributed by atoms with Gasteiger partial charge in [0, 0.05) is 19.8 Å². The lowest BCUT2D eigenvalue weighted by Crippen LogP contribution is -2.53. The van der Waals surface area contributed by atoms with Gasteiger partial charge in [-0.05, 0) is 33.6 Å². The monoisotopic (exact) mass is 424 g/mol. The average molecular weight is 425 g/mol. The highest BCUT2D eigenvalue weighted by Crippen LogP contribution is 2.29. The second kappa shape index (κ2) is 15.6. The van der Waals surface area contributed by atoms with Crippen LogP contribution in [0.4, 0.5) is 0 Å². The maximum atomic E-state index is 11.4. The Balaban J connectivity index is 0.000000540. The van der Waals surface area contributed by atoms with E-state index in [4.69, 9.17) is 14.2 Å². The Labute approximate surface area is 173 Å². The van der Waals surface area contributed by atoms with Gasteiger partial charge in [-0.25, -0.2) is 0 Å². The number of ether oxygens (including phenoxy) is 3. The number of hydrogen-bond donors (Lipinski definition) is 1. The summed E-state index contributed by atoms with van der Waals surface area (Å²) in [6.45, 7) is 9.14. The quantitative estimate of drug-likeness (QED) is 0.223. The highest BCUT2D eigenvalue weighted by Gasteiger charge is 2.51. The van der Waals surface area contributed by atoms with E-state index in [1.165, 1.54) is 71.1 Å². The molecule has 1 rings (SSSR count). The first kappa shape index (κ1) is 27.8. The van der Waals surface area contributed by atoms with Crippen LogP contribution in [0.3, 0.4) is 0 Å². The lowest BCUT2D eigenvalue weighted by atomic mass is 9.99. The van der Waals surface area contributed by atoms with E-state index in [0.29, 0.717) is 6.61 Å². The van der Waals surface area contributed by atoms with Gasteiger partial charge in [0.15, 0.2) is 0 Å². The molecule has 28 heavy (non-hydrogen) atoms. The summed E-state index contributed by atoms with van der Waals surface area (Å²) in [5, 5.41) is -2.15. The first-order chi connectivity index (χ1) is 13.3.